The van der Waals surface area contributed by atoms with Crippen LogP contribution in [-0.4, -0.2) is 4.99 Å². The summed E-state index contributed by atoms with van der Waals surface area (Å²) in [5.74, 6) is -0.467. The Morgan fingerprint density at radius 2 is 2.17 bits per heavy atom. The van der Waals surface area contributed by atoms with Gasteiger partial charge in [-0.15, -0.1) is 0 Å². The third-order valence-electron chi connectivity index (χ3n) is 1.27. The van der Waals surface area contributed by atoms with E-state index in [0.717, 1.165) is 0 Å². The summed E-state index contributed by atoms with van der Waals surface area (Å²) >= 11 is 13.3. The van der Waals surface area contributed by atoms with Crippen LogP contribution >= 0.6 is 39.7 Å². The third kappa shape index (κ3) is 1.94. The second-order valence-electron chi connectivity index (χ2n) is 2.12. The predicted molar refractivity (Wildman–Crippen MR) is 55.0 cm³/mol. The minimum absolute atomic E-state index is 0.128. The number of benzene rings is 1. The first kappa shape index (κ1) is 9.89. The quantitative estimate of drug-likeness (QED) is 0.626. The molecule has 0 amide bonds. The van der Waals surface area contributed by atoms with Gasteiger partial charge in [-0.3, -0.25) is 0 Å². The maximum Gasteiger partial charge on any atom is 0.139 e. The largest absolute Gasteiger partial charge is 0.389 e. The molecule has 0 aromatic heterocycles. The number of hydrogen-bond donors (Lipinski definition) is 1. The molecule has 1 aromatic rings. The number of nitrogens with two attached hydrogens (primary N) is 1. The van der Waals surface area contributed by atoms with Crippen molar-refractivity contribution in [3.63, 3.8) is 0 Å². The van der Waals surface area contributed by atoms with Gasteiger partial charge >= 0.3 is 0 Å². The molecular formula is C7H4BrClFNS. The molecule has 5 heteroatoms. The summed E-state index contributed by atoms with van der Waals surface area (Å²) < 4.78 is 13.2. The molecule has 1 nitrogen and oxygen atoms in total. The van der Waals surface area contributed by atoms with E-state index in [0.29, 0.717) is 5.56 Å². The summed E-state index contributed by atoms with van der Waals surface area (Å²) in [5, 5.41) is 0.262. The molecular weight excluding hydrogens is 265 g/mol. The van der Waals surface area contributed by atoms with Crippen LogP contribution in [-0.2, 0) is 0 Å². The lowest BCUT2D eigenvalue weighted by Gasteiger charge is -2.01. The normalized spacial score (nSPS) is 9.92. The highest BCUT2D eigenvalue weighted by atomic mass is 79.9. The van der Waals surface area contributed by atoms with E-state index in [1.807, 2.05) is 0 Å². The van der Waals surface area contributed by atoms with Gasteiger partial charge in [0.25, 0.3) is 0 Å². The van der Waals surface area contributed by atoms with Crippen molar-refractivity contribution < 1.29 is 4.39 Å². The first-order valence-corrected chi connectivity index (χ1v) is 4.54. The zero-order valence-electron chi connectivity index (χ0n) is 5.77. The van der Waals surface area contributed by atoms with Gasteiger partial charge < -0.3 is 5.73 Å². The van der Waals surface area contributed by atoms with Gasteiger partial charge in [-0.2, -0.15) is 0 Å². The Morgan fingerprint density at radius 3 is 2.58 bits per heavy atom. The highest BCUT2D eigenvalue weighted by molar-refractivity contribution is 9.10. The topological polar surface area (TPSA) is 26.0 Å². The molecule has 0 spiro atoms. The highest BCUT2D eigenvalue weighted by Gasteiger charge is 2.07. The second-order valence-corrected chi connectivity index (χ2v) is 3.76. The van der Waals surface area contributed by atoms with E-state index in [4.69, 9.17) is 17.3 Å². The summed E-state index contributed by atoms with van der Waals surface area (Å²) in [6.07, 6.45) is 0. The molecule has 12 heavy (non-hydrogen) atoms. The van der Waals surface area contributed by atoms with Crippen LogP contribution in [0, 0.1) is 5.82 Å². The molecule has 0 aliphatic heterocycles. The SMILES string of the molecule is NC(=S)c1cc(F)c(Br)c(Cl)c1. The Morgan fingerprint density at radius 1 is 1.58 bits per heavy atom. The molecule has 0 fully saturated rings. The van der Waals surface area contributed by atoms with Crippen molar-refractivity contribution in [3.8, 4) is 0 Å². The van der Waals surface area contributed by atoms with Gasteiger partial charge in [-0.05, 0) is 28.1 Å². The van der Waals surface area contributed by atoms with Gasteiger partial charge in [-0.1, -0.05) is 23.8 Å². The number of rotatable bonds is 1. The van der Waals surface area contributed by atoms with Crippen LogP contribution in [0.4, 0.5) is 4.39 Å². The molecule has 0 aliphatic rings. The summed E-state index contributed by atoms with van der Waals surface area (Å²) in [7, 11) is 0. The molecule has 0 radical (unpaired) electrons. The van der Waals surface area contributed by atoms with E-state index < -0.39 is 5.82 Å². The molecule has 0 unspecified atom stereocenters. The number of halogens is 3. The molecule has 0 aliphatic carbocycles. The fourth-order valence-corrected chi connectivity index (χ4v) is 1.25. The van der Waals surface area contributed by atoms with Crippen molar-refractivity contribution in [3.05, 3.63) is 33.0 Å². The summed E-state index contributed by atoms with van der Waals surface area (Å²) in [6, 6.07) is 2.75. The Kier molecular flexibility index (Phi) is 3.04. The lowest BCUT2D eigenvalue weighted by molar-refractivity contribution is 0.621. The van der Waals surface area contributed by atoms with Gasteiger partial charge in [0.05, 0.1) is 9.50 Å². The minimum Gasteiger partial charge on any atom is -0.389 e. The van der Waals surface area contributed by atoms with Gasteiger partial charge in [0.15, 0.2) is 0 Å². The molecule has 0 heterocycles. The maximum atomic E-state index is 13.0. The van der Waals surface area contributed by atoms with Crippen molar-refractivity contribution in [1.82, 2.24) is 0 Å². The molecule has 0 saturated carbocycles. The average Bonchev–Trinajstić information content (AvgIpc) is 1.99. The molecule has 2 N–H and O–H groups in total. The Labute approximate surface area is 87.8 Å². The van der Waals surface area contributed by atoms with Gasteiger partial charge in [-0.25, -0.2) is 4.39 Å². The minimum atomic E-state index is -0.467. The highest BCUT2D eigenvalue weighted by Crippen LogP contribution is 2.26. The first-order valence-electron chi connectivity index (χ1n) is 2.96. The van der Waals surface area contributed by atoms with Crippen molar-refractivity contribution in [1.29, 1.82) is 0 Å². The molecule has 0 saturated heterocycles. The fraction of sp³-hybridized carbons (Fsp3) is 0. The monoisotopic (exact) mass is 267 g/mol. The van der Waals surface area contributed by atoms with E-state index >= 15 is 0 Å². The first-order chi connectivity index (χ1) is 5.52. The molecule has 1 aromatic carbocycles. The lowest BCUT2D eigenvalue weighted by atomic mass is 10.2. The van der Waals surface area contributed by atoms with Crippen LogP contribution in [0.1, 0.15) is 5.56 Å². The Balaban J connectivity index is 3.31. The van der Waals surface area contributed by atoms with Gasteiger partial charge in [0.2, 0.25) is 0 Å². The van der Waals surface area contributed by atoms with Gasteiger partial charge in [0, 0.05) is 5.56 Å². The van der Waals surface area contributed by atoms with E-state index in [9.17, 15) is 4.39 Å². The van der Waals surface area contributed by atoms with Crippen LogP contribution in [0.15, 0.2) is 16.6 Å². The maximum absolute atomic E-state index is 13.0. The summed E-state index contributed by atoms with van der Waals surface area (Å²) in [6.45, 7) is 0. The van der Waals surface area contributed by atoms with E-state index in [1.54, 1.807) is 0 Å². The van der Waals surface area contributed by atoms with Crippen LogP contribution in [0.25, 0.3) is 0 Å². The number of hydrogen-bond acceptors (Lipinski definition) is 1. The molecule has 1 rings (SSSR count). The van der Waals surface area contributed by atoms with E-state index in [-0.39, 0.29) is 14.5 Å². The average molecular weight is 269 g/mol. The zero-order chi connectivity index (χ0) is 9.30. The summed E-state index contributed by atoms with van der Waals surface area (Å²) in [5.41, 5.74) is 5.72. The fourth-order valence-electron chi connectivity index (χ4n) is 0.698. The summed E-state index contributed by atoms with van der Waals surface area (Å²) in [4.78, 5) is 0.128. The molecule has 64 valence electrons. The van der Waals surface area contributed by atoms with Crippen molar-refractivity contribution in [2.75, 3.05) is 0 Å². The molecule has 0 bridgehead atoms. The Hall–Kier alpha value is -0.190. The van der Waals surface area contributed by atoms with Crippen molar-refractivity contribution in [2.45, 2.75) is 0 Å². The van der Waals surface area contributed by atoms with Crippen molar-refractivity contribution >= 4 is 44.7 Å². The van der Waals surface area contributed by atoms with E-state index in [2.05, 4.69) is 28.1 Å². The van der Waals surface area contributed by atoms with Crippen LogP contribution in [0.5, 0.6) is 0 Å². The van der Waals surface area contributed by atoms with Crippen molar-refractivity contribution in [2.24, 2.45) is 5.73 Å². The van der Waals surface area contributed by atoms with Crippen LogP contribution < -0.4 is 5.73 Å². The van der Waals surface area contributed by atoms with Crippen LogP contribution in [0.2, 0.25) is 5.02 Å². The standard InChI is InChI=1S/C7H4BrClFNS/c8-6-4(9)1-3(7(11)12)2-5(6)10/h1-2H,(H2,11,12). The molecule has 0 atom stereocenters. The van der Waals surface area contributed by atoms with Gasteiger partial charge in [0.1, 0.15) is 10.8 Å². The smallest absolute Gasteiger partial charge is 0.139 e. The Bertz CT molecular complexity index is 319. The predicted octanol–water partition coefficient (Wildman–Crippen LogP) is 2.88. The van der Waals surface area contributed by atoms with Crippen LogP contribution in [0.3, 0.4) is 0 Å². The zero-order valence-corrected chi connectivity index (χ0v) is 8.93. The van der Waals surface area contributed by atoms with E-state index in [1.165, 1.54) is 12.1 Å². The lowest BCUT2D eigenvalue weighted by Crippen LogP contribution is -2.09. The number of thiocarbonyl (C=S) groups is 1. The third-order valence-corrected chi connectivity index (χ3v) is 2.84. The second kappa shape index (κ2) is 3.68.